The Morgan fingerprint density at radius 3 is 1.70 bits per heavy atom. The van der Waals surface area contributed by atoms with Gasteiger partial charge in [-0.05, 0) is 118 Å². The average molecular weight is 712 g/mol. The van der Waals surface area contributed by atoms with Crippen molar-refractivity contribution in [3.8, 4) is 50.3 Å². The van der Waals surface area contributed by atoms with Gasteiger partial charge in [0.25, 0.3) is 0 Å². The predicted molar refractivity (Wildman–Crippen MR) is 238 cm³/mol. The summed E-state index contributed by atoms with van der Waals surface area (Å²) in [6.07, 6.45) is 0. The highest BCUT2D eigenvalue weighted by atomic mass is 15.0. The maximum Gasteiger partial charge on any atom is 0.0584 e. The molecule has 0 N–H and O–H groups in total. The van der Waals surface area contributed by atoms with E-state index < -0.39 is 0 Å². The molecule has 0 fully saturated rings. The van der Waals surface area contributed by atoms with Crippen molar-refractivity contribution in [3.05, 3.63) is 199 Å². The summed E-state index contributed by atoms with van der Waals surface area (Å²) in [6, 6.07) is 70.0. The van der Waals surface area contributed by atoms with Gasteiger partial charge in [0.1, 0.15) is 0 Å². The zero-order valence-corrected chi connectivity index (χ0v) is 31.3. The van der Waals surface area contributed by atoms with Gasteiger partial charge in [-0.25, -0.2) is 0 Å². The van der Waals surface area contributed by atoms with E-state index in [1.807, 2.05) is 0 Å². The number of aromatic nitrogens is 1. The quantitative estimate of drug-likeness (QED) is 0.160. The second-order valence-electron chi connectivity index (χ2n) is 16.1. The fourth-order valence-electron chi connectivity index (χ4n) is 10.1. The smallest absolute Gasteiger partial charge is 0.0584 e. The zero-order valence-electron chi connectivity index (χ0n) is 31.3. The van der Waals surface area contributed by atoms with Crippen molar-refractivity contribution in [3.63, 3.8) is 0 Å². The van der Waals surface area contributed by atoms with Crippen LogP contribution in [0.1, 0.15) is 25.0 Å². The van der Waals surface area contributed by atoms with Crippen LogP contribution in [0.15, 0.2) is 188 Å². The molecule has 0 saturated heterocycles. The van der Waals surface area contributed by atoms with Crippen molar-refractivity contribution < 1.29 is 0 Å². The number of benzene rings is 10. The Balaban J connectivity index is 1.02. The van der Waals surface area contributed by atoms with Crippen molar-refractivity contribution >= 4 is 54.0 Å². The number of hydrogen-bond acceptors (Lipinski definition) is 0. The molecular formula is C55H37N. The van der Waals surface area contributed by atoms with Crippen LogP contribution in [0, 0.1) is 0 Å². The summed E-state index contributed by atoms with van der Waals surface area (Å²) in [5.41, 5.74) is 15.3. The van der Waals surface area contributed by atoms with Crippen molar-refractivity contribution in [1.29, 1.82) is 0 Å². The highest BCUT2D eigenvalue weighted by molar-refractivity contribution is 6.27. The van der Waals surface area contributed by atoms with Crippen LogP contribution < -0.4 is 0 Å². The minimum atomic E-state index is -0.129. The normalized spacial score (nSPS) is 13.3. The van der Waals surface area contributed by atoms with E-state index in [-0.39, 0.29) is 5.41 Å². The minimum absolute atomic E-state index is 0.129. The van der Waals surface area contributed by atoms with Crippen LogP contribution in [0.3, 0.4) is 0 Å². The lowest BCUT2D eigenvalue weighted by Crippen LogP contribution is -2.14. The van der Waals surface area contributed by atoms with Gasteiger partial charge in [-0.15, -0.1) is 0 Å². The van der Waals surface area contributed by atoms with E-state index in [0.717, 1.165) is 0 Å². The van der Waals surface area contributed by atoms with E-state index in [1.54, 1.807) is 0 Å². The van der Waals surface area contributed by atoms with E-state index in [4.69, 9.17) is 0 Å². The van der Waals surface area contributed by atoms with Crippen molar-refractivity contribution in [1.82, 2.24) is 4.57 Å². The molecule has 0 radical (unpaired) electrons. The van der Waals surface area contributed by atoms with Crippen LogP contribution in [0.2, 0.25) is 0 Å². The van der Waals surface area contributed by atoms with Gasteiger partial charge in [-0.3, -0.25) is 0 Å². The topological polar surface area (TPSA) is 4.93 Å². The van der Waals surface area contributed by atoms with Crippen LogP contribution in [0.5, 0.6) is 0 Å². The fraction of sp³-hybridized carbons (Fsp3) is 0.0545. The Hall–Kier alpha value is -6.96. The first-order valence-corrected chi connectivity index (χ1v) is 19.7. The number of rotatable bonds is 4. The molecule has 1 aliphatic rings. The van der Waals surface area contributed by atoms with Gasteiger partial charge in [0.15, 0.2) is 0 Å². The van der Waals surface area contributed by atoms with Gasteiger partial charge in [0.2, 0.25) is 0 Å². The summed E-state index contributed by atoms with van der Waals surface area (Å²) >= 11 is 0. The summed E-state index contributed by atoms with van der Waals surface area (Å²) in [6.45, 7) is 4.79. The zero-order chi connectivity index (χ0) is 37.1. The Labute approximate surface area is 326 Å². The highest BCUT2D eigenvalue weighted by Crippen LogP contribution is 2.54. The van der Waals surface area contributed by atoms with Gasteiger partial charge < -0.3 is 4.57 Å². The molecular weight excluding hydrogens is 675 g/mol. The summed E-state index contributed by atoms with van der Waals surface area (Å²) < 4.78 is 2.49. The molecule has 262 valence electrons. The Bertz CT molecular complexity index is 3360. The molecule has 0 unspecified atom stereocenters. The van der Waals surface area contributed by atoms with Gasteiger partial charge in [-0.2, -0.15) is 0 Å². The van der Waals surface area contributed by atoms with E-state index in [1.165, 1.54) is 115 Å². The lowest BCUT2D eigenvalue weighted by molar-refractivity contribution is 0.666. The fourth-order valence-corrected chi connectivity index (χ4v) is 10.1. The van der Waals surface area contributed by atoms with Gasteiger partial charge in [-0.1, -0.05) is 172 Å². The van der Waals surface area contributed by atoms with E-state index in [0.29, 0.717) is 0 Å². The van der Waals surface area contributed by atoms with Crippen molar-refractivity contribution in [2.75, 3.05) is 0 Å². The maximum atomic E-state index is 2.49. The molecule has 0 aliphatic heterocycles. The molecule has 0 atom stereocenters. The average Bonchev–Trinajstić information content (AvgIpc) is 3.72. The Morgan fingerprint density at radius 2 is 0.946 bits per heavy atom. The van der Waals surface area contributed by atoms with Crippen LogP contribution in [0.4, 0.5) is 0 Å². The molecule has 0 saturated carbocycles. The van der Waals surface area contributed by atoms with Crippen LogP contribution >= 0.6 is 0 Å². The molecule has 1 aliphatic carbocycles. The van der Waals surface area contributed by atoms with E-state index in [2.05, 4.69) is 206 Å². The predicted octanol–water partition coefficient (Wildman–Crippen LogP) is 15.0. The molecule has 0 bridgehead atoms. The Kier molecular flexibility index (Phi) is 6.46. The lowest BCUT2D eigenvalue weighted by atomic mass is 9.81. The summed E-state index contributed by atoms with van der Waals surface area (Å²) in [5.74, 6) is 0. The number of para-hydroxylation sites is 1. The van der Waals surface area contributed by atoms with Crippen molar-refractivity contribution in [2.45, 2.75) is 19.3 Å². The second kappa shape index (κ2) is 11.5. The van der Waals surface area contributed by atoms with Gasteiger partial charge in [0.05, 0.1) is 11.2 Å². The number of nitrogens with zero attached hydrogens (tertiary/aromatic N) is 1. The van der Waals surface area contributed by atoms with Gasteiger partial charge in [0, 0.05) is 22.1 Å². The standard InChI is InChI=1S/C55H37N/c1-55(2)49-15-9-8-14-47(49)54-53(55)48-33-41(26-31-50(48)56(54)42-12-4-3-5-13-42)44-28-23-38-24-29-45-43(27-22-37-25-30-46(44)52(38)51(37)45)36-19-16-35(17-20-36)40-21-18-34-10-6-7-11-39(34)32-40/h3-33H,1-2H3. The van der Waals surface area contributed by atoms with Crippen molar-refractivity contribution in [2.24, 2.45) is 0 Å². The highest BCUT2D eigenvalue weighted by Gasteiger charge is 2.40. The molecule has 1 nitrogen and oxygen atoms in total. The largest absolute Gasteiger partial charge is 0.309 e. The maximum absolute atomic E-state index is 2.49. The van der Waals surface area contributed by atoms with Crippen LogP contribution in [-0.2, 0) is 5.41 Å². The third-order valence-electron chi connectivity index (χ3n) is 12.7. The first kappa shape index (κ1) is 31.4. The minimum Gasteiger partial charge on any atom is -0.309 e. The van der Waals surface area contributed by atoms with Crippen LogP contribution in [-0.4, -0.2) is 4.57 Å². The molecule has 0 spiro atoms. The van der Waals surface area contributed by atoms with Gasteiger partial charge >= 0.3 is 0 Å². The molecule has 1 heterocycles. The third-order valence-corrected chi connectivity index (χ3v) is 12.7. The SMILES string of the molecule is CC1(C)c2ccccc2-c2c1c1cc(-c3ccc4ccc5c(-c6ccc(-c7ccc8ccccc8c7)cc6)ccc6ccc3c4c65)ccc1n2-c1ccccc1. The summed E-state index contributed by atoms with van der Waals surface area (Å²) in [7, 11) is 0. The molecule has 11 aromatic rings. The monoisotopic (exact) mass is 711 g/mol. The molecule has 0 amide bonds. The molecule has 12 rings (SSSR count). The van der Waals surface area contributed by atoms with E-state index >= 15 is 0 Å². The lowest BCUT2D eigenvalue weighted by Gasteiger charge is -2.21. The first-order valence-electron chi connectivity index (χ1n) is 19.7. The molecule has 1 aromatic heterocycles. The second-order valence-corrected chi connectivity index (χ2v) is 16.1. The number of hydrogen-bond donors (Lipinski definition) is 0. The molecule has 1 heteroatoms. The Morgan fingerprint density at radius 1 is 0.375 bits per heavy atom. The molecule has 56 heavy (non-hydrogen) atoms. The third kappa shape index (κ3) is 4.37. The van der Waals surface area contributed by atoms with Crippen LogP contribution in [0.25, 0.3) is 104 Å². The molecule has 10 aromatic carbocycles. The summed E-state index contributed by atoms with van der Waals surface area (Å²) in [4.78, 5) is 0. The summed E-state index contributed by atoms with van der Waals surface area (Å²) in [5, 5.41) is 11.7. The number of fused-ring (bicyclic) bond motifs is 6. The first-order chi connectivity index (χ1) is 27.5. The van der Waals surface area contributed by atoms with E-state index in [9.17, 15) is 0 Å².